The Hall–Kier alpha value is -1.68. The number of aldehydes is 1. The van der Waals surface area contributed by atoms with Gasteiger partial charge in [0.2, 0.25) is 0 Å². The highest BCUT2D eigenvalue weighted by Crippen LogP contribution is 2.30. The van der Waals surface area contributed by atoms with Crippen LogP contribution in [0.2, 0.25) is 5.02 Å². The molecule has 0 radical (unpaired) electrons. The summed E-state index contributed by atoms with van der Waals surface area (Å²) in [4.78, 5) is 34.8. The van der Waals surface area contributed by atoms with Crippen molar-refractivity contribution in [3.63, 3.8) is 0 Å². The Bertz CT molecular complexity index is 484. The summed E-state index contributed by atoms with van der Waals surface area (Å²) in [7, 11) is 0. The van der Waals surface area contributed by atoms with E-state index in [1.165, 1.54) is 11.0 Å². The summed E-state index contributed by atoms with van der Waals surface area (Å²) in [6, 6.07) is 4.70. The number of rotatable bonds is 3. The second-order valence-corrected chi connectivity index (χ2v) is 3.84. The van der Waals surface area contributed by atoms with Gasteiger partial charge in [0, 0.05) is 18.0 Å². The predicted octanol–water partition coefficient (Wildman–Crippen LogP) is 1.46. The van der Waals surface area contributed by atoms with Crippen LogP contribution in [0.3, 0.4) is 0 Å². The fourth-order valence-corrected chi connectivity index (χ4v) is 1.85. The minimum atomic E-state index is -0.598. The smallest absolute Gasteiger partial charge is 0.299 e. The third-order valence-corrected chi connectivity index (χ3v) is 2.64. The van der Waals surface area contributed by atoms with Crippen molar-refractivity contribution < 1.29 is 14.4 Å². The Morgan fingerprint density at radius 2 is 2.06 bits per heavy atom. The highest BCUT2D eigenvalue weighted by molar-refractivity contribution is 6.52. The van der Waals surface area contributed by atoms with Crippen LogP contribution in [0.4, 0.5) is 5.69 Å². The van der Waals surface area contributed by atoms with Crippen LogP contribution in [0.5, 0.6) is 0 Å². The molecule has 1 aliphatic heterocycles. The normalized spacial score (nSPS) is 14.2. The molecule has 1 aliphatic rings. The van der Waals surface area contributed by atoms with Crippen molar-refractivity contribution in [2.45, 2.75) is 6.42 Å². The first kappa shape index (κ1) is 10.8. The Balaban J connectivity index is 2.41. The van der Waals surface area contributed by atoms with E-state index in [9.17, 15) is 14.4 Å². The topological polar surface area (TPSA) is 54.5 Å². The molecule has 5 heteroatoms. The summed E-state index contributed by atoms with van der Waals surface area (Å²) in [5.41, 5.74) is 0.838. The van der Waals surface area contributed by atoms with Gasteiger partial charge in [-0.05, 0) is 18.2 Å². The summed E-state index contributed by atoms with van der Waals surface area (Å²) in [6.45, 7) is 0.225. The molecular weight excluding hydrogens is 230 g/mol. The molecule has 0 unspecified atom stereocenters. The van der Waals surface area contributed by atoms with E-state index in [-0.39, 0.29) is 13.0 Å². The highest BCUT2D eigenvalue weighted by Gasteiger charge is 2.35. The molecule has 0 bridgehead atoms. The molecule has 0 N–H and O–H groups in total. The molecule has 0 aliphatic carbocycles. The van der Waals surface area contributed by atoms with Crippen LogP contribution in [0.25, 0.3) is 0 Å². The number of halogens is 1. The van der Waals surface area contributed by atoms with E-state index < -0.39 is 11.7 Å². The van der Waals surface area contributed by atoms with Crippen molar-refractivity contribution in [3.05, 3.63) is 28.8 Å². The monoisotopic (exact) mass is 237 g/mol. The van der Waals surface area contributed by atoms with Gasteiger partial charge in [0.15, 0.2) is 0 Å². The molecular formula is C11H8ClNO3. The van der Waals surface area contributed by atoms with E-state index in [1.54, 1.807) is 12.1 Å². The fourth-order valence-electron chi connectivity index (χ4n) is 1.68. The van der Waals surface area contributed by atoms with Gasteiger partial charge < -0.3 is 9.69 Å². The lowest BCUT2D eigenvalue weighted by atomic mass is 10.1. The van der Waals surface area contributed by atoms with Crippen LogP contribution >= 0.6 is 11.6 Å². The summed E-state index contributed by atoms with van der Waals surface area (Å²) < 4.78 is 0. The van der Waals surface area contributed by atoms with Crippen LogP contribution in [-0.4, -0.2) is 24.5 Å². The summed E-state index contributed by atoms with van der Waals surface area (Å²) >= 11 is 5.75. The van der Waals surface area contributed by atoms with Gasteiger partial charge in [0.05, 0.1) is 11.3 Å². The predicted molar refractivity (Wildman–Crippen MR) is 58.8 cm³/mol. The number of Topliss-reactive ketones (excluding diaryl/α,β-unsaturated/α-hetero) is 1. The van der Waals surface area contributed by atoms with Crippen molar-refractivity contribution in [1.82, 2.24) is 0 Å². The third kappa shape index (κ3) is 1.61. The number of amides is 1. The molecule has 4 nitrogen and oxygen atoms in total. The van der Waals surface area contributed by atoms with Gasteiger partial charge in [-0.1, -0.05) is 11.6 Å². The lowest BCUT2D eigenvalue weighted by Crippen LogP contribution is -2.30. The van der Waals surface area contributed by atoms with E-state index >= 15 is 0 Å². The largest absolute Gasteiger partial charge is 0.304 e. The zero-order valence-electron chi connectivity index (χ0n) is 8.27. The Labute approximate surface area is 96.8 Å². The summed E-state index contributed by atoms with van der Waals surface area (Å²) in [5.74, 6) is -1.16. The number of hydrogen-bond donors (Lipinski definition) is 0. The van der Waals surface area contributed by atoms with E-state index in [2.05, 4.69) is 0 Å². The van der Waals surface area contributed by atoms with Crippen molar-refractivity contribution in [2.24, 2.45) is 0 Å². The molecule has 0 atom stereocenters. The molecule has 0 spiro atoms. The molecule has 0 saturated heterocycles. The molecule has 82 valence electrons. The van der Waals surface area contributed by atoms with Crippen LogP contribution in [0.1, 0.15) is 16.8 Å². The number of ketones is 1. The van der Waals surface area contributed by atoms with Gasteiger partial charge in [-0.25, -0.2) is 0 Å². The maximum absolute atomic E-state index is 11.6. The molecule has 0 saturated carbocycles. The van der Waals surface area contributed by atoms with E-state index in [0.29, 0.717) is 22.6 Å². The summed E-state index contributed by atoms with van der Waals surface area (Å²) in [5, 5.41) is 0.414. The molecule has 0 fully saturated rings. The molecule has 1 amide bonds. The number of benzene rings is 1. The number of hydrogen-bond acceptors (Lipinski definition) is 3. The number of carbonyl (C=O) groups is 3. The average molecular weight is 238 g/mol. The SMILES string of the molecule is O=CCCN1C(=O)C(=O)c2cc(Cl)ccc21. The lowest BCUT2D eigenvalue weighted by Gasteiger charge is -2.14. The van der Waals surface area contributed by atoms with Gasteiger partial charge in [0.25, 0.3) is 11.7 Å². The van der Waals surface area contributed by atoms with Gasteiger partial charge in [-0.3, -0.25) is 9.59 Å². The first-order valence-electron chi connectivity index (χ1n) is 4.74. The zero-order chi connectivity index (χ0) is 11.7. The van der Waals surface area contributed by atoms with Crippen molar-refractivity contribution in [1.29, 1.82) is 0 Å². The summed E-state index contributed by atoms with van der Waals surface area (Å²) in [6.07, 6.45) is 0.923. The lowest BCUT2D eigenvalue weighted by molar-refractivity contribution is -0.114. The van der Waals surface area contributed by atoms with E-state index in [0.717, 1.165) is 0 Å². The van der Waals surface area contributed by atoms with Crippen LogP contribution in [0.15, 0.2) is 18.2 Å². The first-order valence-corrected chi connectivity index (χ1v) is 5.12. The van der Waals surface area contributed by atoms with Gasteiger partial charge in [-0.15, -0.1) is 0 Å². The van der Waals surface area contributed by atoms with Gasteiger partial charge in [0.1, 0.15) is 6.29 Å². The molecule has 2 rings (SSSR count). The minimum absolute atomic E-state index is 0.209. The quantitative estimate of drug-likeness (QED) is 0.591. The molecule has 1 aromatic rings. The Kier molecular flexibility index (Phi) is 2.75. The van der Waals surface area contributed by atoms with E-state index in [4.69, 9.17) is 11.6 Å². The Morgan fingerprint density at radius 1 is 1.31 bits per heavy atom. The standard InChI is InChI=1S/C11H8ClNO3/c12-7-2-3-9-8(6-7)10(15)11(16)13(9)4-1-5-14/h2-3,5-6H,1,4H2. The highest BCUT2D eigenvalue weighted by atomic mass is 35.5. The number of carbonyl (C=O) groups excluding carboxylic acids is 3. The van der Waals surface area contributed by atoms with Crippen LogP contribution < -0.4 is 4.90 Å². The number of anilines is 1. The fraction of sp³-hybridized carbons (Fsp3) is 0.182. The van der Waals surface area contributed by atoms with Crippen LogP contribution in [0, 0.1) is 0 Å². The minimum Gasteiger partial charge on any atom is -0.304 e. The molecule has 0 aromatic heterocycles. The number of nitrogens with zero attached hydrogens (tertiary/aromatic N) is 1. The molecule has 1 aromatic carbocycles. The number of fused-ring (bicyclic) bond motifs is 1. The maximum atomic E-state index is 11.6. The first-order chi connectivity index (χ1) is 7.65. The van der Waals surface area contributed by atoms with E-state index in [1.807, 2.05) is 0 Å². The molecule has 1 heterocycles. The van der Waals surface area contributed by atoms with Gasteiger partial charge >= 0.3 is 0 Å². The Morgan fingerprint density at radius 3 is 2.75 bits per heavy atom. The van der Waals surface area contributed by atoms with Crippen molar-refractivity contribution in [3.8, 4) is 0 Å². The van der Waals surface area contributed by atoms with Crippen molar-refractivity contribution >= 4 is 35.3 Å². The zero-order valence-corrected chi connectivity index (χ0v) is 9.03. The molecule has 16 heavy (non-hydrogen) atoms. The van der Waals surface area contributed by atoms with Gasteiger partial charge in [-0.2, -0.15) is 0 Å². The second kappa shape index (κ2) is 4.06. The average Bonchev–Trinajstić information content (AvgIpc) is 2.50. The maximum Gasteiger partial charge on any atom is 0.299 e. The van der Waals surface area contributed by atoms with Crippen molar-refractivity contribution in [2.75, 3.05) is 11.4 Å². The van der Waals surface area contributed by atoms with Crippen LogP contribution in [-0.2, 0) is 9.59 Å². The second-order valence-electron chi connectivity index (χ2n) is 3.40. The third-order valence-electron chi connectivity index (χ3n) is 2.40.